The second-order valence-corrected chi connectivity index (χ2v) is 6.65. The van der Waals surface area contributed by atoms with Gasteiger partial charge in [0.05, 0.1) is 12.3 Å². The maximum atomic E-state index is 5.10. The van der Waals surface area contributed by atoms with Crippen LogP contribution in [0, 0.1) is 5.92 Å². The first-order valence-corrected chi connectivity index (χ1v) is 8.56. The van der Waals surface area contributed by atoms with E-state index in [9.17, 15) is 0 Å². The molecule has 0 bridgehead atoms. The van der Waals surface area contributed by atoms with Gasteiger partial charge in [-0.3, -0.25) is 4.40 Å². The summed E-state index contributed by atoms with van der Waals surface area (Å²) >= 11 is 1.70. The zero-order valence-electron chi connectivity index (χ0n) is 12.8. The van der Waals surface area contributed by atoms with Crippen LogP contribution in [0.15, 0.2) is 11.6 Å². The summed E-state index contributed by atoms with van der Waals surface area (Å²) in [5.74, 6) is 2.01. The fourth-order valence-corrected chi connectivity index (χ4v) is 3.57. The second kappa shape index (κ2) is 6.77. The molecule has 0 saturated carbocycles. The number of anilines is 1. The third-order valence-corrected chi connectivity index (χ3v) is 4.96. The van der Waals surface area contributed by atoms with Crippen molar-refractivity contribution >= 4 is 22.1 Å². The number of fused-ring (bicyclic) bond motifs is 1. The molecular formula is C15H24N4OS. The Morgan fingerprint density at radius 3 is 3.00 bits per heavy atom. The minimum atomic E-state index is 0.738. The monoisotopic (exact) mass is 308 g/mol. The average molecular weight is 308 g/mol. The van der Waals surface area contributed by atoms with Crippen LogP contribution < -0.4 is 10.2 Å². The highest BCUT2D eigenvalue weighted by molar-refractivity contribution is 7.15. The van der Waals surface area contributed by atoms with E-state index in [-0.39, 0.29) is 0 Å². The van der Waals surface area contributed by atoms with Crippen LogP contribution in [-0.2, 0) is 11.3 Å². The largest absolute Gasteiger partial charge is 0.383 e. The first-order chi connectivity index (χ1) is 10.3. The molecule has 0 spiro atoms. The Kier molecular flexibility index (Phi) is 4.77. The van der Waals surface area contributed by atoms with Gasteiger partial charge in [-0.1, -0.05) is 6.92 Å². The number of nitrogens with zero attached hydrogens (tertiary/aromatic N) is 3. The van der Waals surface area contributed by atoms with Crippen LogP contribution in [0.4, 0.5) is 5.82 Å². The van der Waals surface area contributed by atoms with Gasteiger partial charge in [0.2, 0.25) is 0 Å². The van der Waals surface area contributed by atoms with Crippen molar-refractivity contribution in [3.63, 3.8) is 0 Å². The molecule has 21 heavy (non-hydrogen) atoms. The lowest BCUT2D eigenvalue weighted by Crippen LogP contribution is -2.34. The normalized spacial score (nSPS) is 17.0. The van der Waals surface area contributed by atoms with Crippen LogP contribution in [-0.4, -0.2) is 42.7 Å². The molecule has 1 N–H and O–H groups in total. The number of piperidine rings is 1. The summed E-state index contributed by atoms with van der Waals surface area (Å²) in [6.45, 7) is 7.03. The van der Waals surface area contributed by atoms with Gasteiger partial charge >= 0.3 is 0 Å². The second-order valence-electron chi connectivity index (χ2n) is 5.78. The van der Waals surface area contributed by atoms with Crippen molar-refractivity contribution in [2.45, 2.75) is 26.3 Å². The van der Waals surface area contributed by atoms with Crippen molar-refractivity contribution < 1.29 is 4.74 Å². The molecule has 0 radical (unpaired) electrons. The van der Waals surface area contributed by atoms with Gasteiger partial charge in [-0.2, -0.15) is 0 Å². The maximum absolute atomic E-state index is 5.10. The molecule has 1 aliphatic rings. The van der Waals surface area contributed by atoms with Crippen LogP contribution >= 0.6 is 11.3 Å². The highest BCUT2D eigenvalue weighted by Crippen LogP contribution is 2.28. The molecule has 0 unspecified atom stereocenters. The van der Waals surface area contributed by atoms with E-state index in [1.54, 1.807) is 18.4 Å². The van der Waals surface area contributed by atoms with E-state index in [2.05, 4.69) is 33.1 Å². The highest BCUT2D eigenvalue weighted by atomic mass is 32.1. The average Bonchev–Trinajstić information content (AvgIpc) is 3.06. The third-order valence-electron chi connectivity index (χ3n) is 4.20. The van der Waals surface area contributed by atoms with Crippen molar-refractivity contribution in [3.8, 4) is 0 Å². The SMILES string of the molecule is COCCNCc1c(N2CCC(C)CC2)nc2sccn12. The molecule has 0 aromatic carbocycles. The van der Waals surface area contributed by atoms with Gasteiger partial charge in [-0.15, -0.1) is 11.3 Å². The van der Waals surface area contributed by atoms with Gasteiger partial charge < -0.3 is 15.0 Å². The predicted octanol–water partition coefficient (Wildman–Crippen LogP) is 2.37. The minimum Gasteiger partial charge on any atom is -0.383 e. The summed E-state index contributed by atoms with van der Waals surface area (Å²) in [6, 6.07) is 0. The summed E-state index contributed by atoms with van der Waals surface area (Å²) in [4.78, 5) is 8.40. The van der Waals surface area contributed by atoms with Crippen LogP contribution in [0.5, 0.6) is 0 Å². The standard InChI is InChI=1S/C15H24N4OS/c1-12-3-6-18(7-4-12)14-13(11-16-5-9-20-2)19-8-10-21-15(19)17-14/h8,10,12,16H,3-7,9,11H2,1-2H3. The smallest absolute Gasteiger partial charge is 0.195 e. The van der Waals surface area contributed by atoms with E-state index in [0.717, 1.165) is 43.7 Å². The van der Waals surface area contributed by atoms with E-state index in [0.29, 0.717) is 0 Å². The predicted molar refractivity (Wildman–Crippen MR) is 87.3 cm³/mol. The third kappa shape index (κ3) is 3.22. The van der Waals surface area contributed by atoms with Crippen molar-refractivity contribution in [1.29, 1.82) is 0 Å². The molecule has 3 rings (SSSR count). The van der Waals surface area contributed by atoms with Gasteiger partial charge in [0, 0.05) is 44.9 Å². The zero-order chi connectivity index (χ0) is 14.7. The minimum absolute atomic E-state index is 0.738. The number of methoxy groups -OCH3 is 1. The number of thiazole rings is 1. The van der Waals surface area contributed by atoms with E-state index < -0.39 is 0 Å². The quantitative estimate of drug-likeness (QED) is 0.832. The molecule has 2 aromatic heterocycles. The molecule has 116 valence electrons. The van der Waals surface area contributed by atoms with Gasteiger partial charge in [0.25, 0.3) is 0 Å². The molecule has 1 fully saturated rings. The number of ether oxygens (including phenoxy) is 1. The van der Waals surface area contributed by atoms with E-state index in [1.807, 2.05) is 0 Å². The fourth-order valence-electron chi connectivity index (χ4n) is 2.84. The Labute approximate surface area is 129 Å². The maximum Gasteiger partial charge on any atom is 0.195 e. The number of hydrogen-bond donors (Lipinski definition) is 1. The van der Waals surface area contributed by atoms with Crippen molar-refractivity contribution in [1.82, 2.24) is 14.7 Å². The van der Waals surface area contributed by atoms with Gasteiger partial charge in [-0.25, -0.2) is 4.98 Å². The molecule has 0 atom stereocenters. The van der Waals surface area contributed by atoms with Crippen LogP contribution in [0.3, 0.4) is 0 Å². The van der Waals surface area contributed by atoms with Gasteiger partial charge in [0.1, 0.15) is 0 Å². The molecule has 0 aliphatic carbocycles. The number of hydrogen-bond acceptors (Lipinski definition) is 5. The molecule has 3 heterocycles. The Balaban J connectivity index is 1.78. The van der Waals surface area contributed by atoms with Gasteiger partial charge in [0.15, 0.2) is 10.8 Å². The molecular weight excluding hydrogens is 284 g/mol. The van der Waals surface area contributed by atoms with E-state index in [4.69, 9.17) is 9.72 Å². The number of aromatic nitrogens is 2. The van der Waals surface area contributed by atoms with Crippen LogP contribution in [0.25, 0.3) is 4.96 Å². The van der Waals surface area contributed by atoms with Crippen molar-refractivity contribution in [2.75, 3.05) is 38.3 Å². The molecule has 6 heteroatoms. The Bertz CT molecular complexity index is 571. The summed E-state index contributed by atoms with van der Waals surface area (Å²) in [7, 11) is 1.73. The lowest BCUT2D eigenvalue weighted by Gasteiger charge is -2.31. The molecule has 5 nitrogen and oxygen atoms in total. The van der Waals surface area contributed by atoms with E-state index >= 15 is 0 Å². The zero-order valence-corrected chi connectivity index (χ0v) is 13.7. The summed E-state index contributed by atoms with van der Waals surface area (Å²) in [5.41, 5.74) is 1.27. The Morgan fingerprint density at radius 2 is 2.24 bits per heavy atom. The summed E-state index contributed by atoms with van der Waals surface area (Å²) in [5, 5.41) is 5.55. The summed E-state index contributed by atoms with van der Waals surface area (Å²) in [6.07, 6.45) is 4.65. The molecule has 1 aliphatic heterocycles. The Morgan fingerprint density at radius 1 is 1.43 bits per heavy atom. The van der Waals surface area contributed by atoms with Crippen molar-refractivity contribution in [3.05, 3.63) is 17.3 Å². The highest BCUT2D eigenvalue weighted by Gasteiger charge is 2.22. The Hall–Kier alpha value is -1.11. The van der Waals surface area contributed by atoms with Crippen molar-refractivity contribution in [2.24, 2.45) is 5.92 Å². The number of nitrogens with one attached hydrogen (secondary N) is 1. The number of imidazole rings is 1. The molecule has 1 saturated heterocycles. The van der Waals surface area contributed by atoms with Gasteiger partial charge in [-0.05, 0) is 18.8 Å². The van der Waals surface area contributed by atoms with Crippen LogP contribution in [0.2, 0.25) is 0 Å². The number of rotatable bonds is 6. The lowest BCUT2D eigenvalue weighted by molar-refractivity contribution is 0.199. The fraction of sp³-hybridized carbons (Fsp3) is 0.667. The lowest BCUT2D eigenvalue weighted by atomic mass is 9.99. The van der Waals surface area contributed by atoms with E-state index in [1.165, 1.54) is 24.4 Å². The topological polar surface area (TPSA) is 41.8 Å². The molecule has 2 aromatic rings. The summed E-state index contributed by atoms with van der Waals surface area (Å²) < 4.78 is 7.32. The first kappa shape index (κ1) is 14.8. The van der Waals surface area contributed by atoms with Crippen LogP contribution in [0.1, 0.15) is 25.5 Å². The molecule has 0 amide bonds. The first-order valence-electron chi connectivity index (χ1n) is 7.68.